The molecular weight excluding hydrogens is 758 g/mol. The number of carbonyl (C=O) groups excluding carboxylic acids is 2. The van der Waals surface area contributed by atoms with Crippen LogP contribution in [-0.2, 0) is 42.5 Å². The summed E-state index contributed by atoms with van der Waals surface area (Å²) in [6.45, 7) is 5.48. The number of nitrogens with zero attached hydrogens (tertiary/aromatic N) is 6. The van der Waals surface area contributed by atoms with Gasteiger partial charge in [0.2, 0.25) is 0 Å². The van der Waals surface area contributed by atoms with Crippen molar-refractivity contribution >= 4 is 40.8 Å². The van der Waals surface area contributed by atoms with Crippen molar-refractivity contribution in [3.05, 3.63) is 81.4 Å². The number of nitrogens with one attached hydrogen (secondary N) is 3. The van der Waals surface area contributed by atoms with E-state index in [4.69, 9.17) is 21.3 Å². The Labute approximate surface area is 341 Å². The Kier molecular flexibility index (Phi) is 10.1. The fourth-order valence-electron chi connectivity index (χ4n) is 10.3. The number of halogens is 1. The average Bonchev–Trinajstić information content (AvgIpc) is 4.02. The molecule has 302 valence electrons. The third-order valence-electron chi connectivity index (χ3n) is 13.7. The molecule has 4 N–H and O–H groups in total. The summed E-state index contributed by atoms with van der Waals surface area (Å²) in [4.78, 5) is 56.7. The molecule has 5 aliphatic rings. The Bertz CT molecular complexity index is 2330. The second kappa shape index (κ2) is 15.3. The number of amides is 2. The normalized spacial score (nSPS) is 23.3. The predicted molar refractivity (Wildman–Crippen MR) is 216 cm³/mol. The number of H-pyrrole nitrogens is 1. The monoisotopic (exact) mass is 805 g/mol. The van der Waals surface area contributed by atoms with Crippen molar-refractivity contribution in [1.82, 2.24) is 29.3 Å². The fourth-order valence-corrected chi connectivity index (χ4v) is 10.6. The summed E-state index contributed by atoms with van der Waals surface area (Å²) in [6, 6.07) is 13.1. The number of carbonyl (C=O) groups is 3. The standard InChI is InChI=1S/C43H48ClN9O5/c1-51-35-9-18-53(26-10-20-58-21-11-26)24-34(35)48-38(51)40(55)49-30-6-2-4-27(29(30)22-45)28-5-3-7-32(36(28)44)50-39(54)37-46-31-8-17-52(23-33(31)47-37)19-16-42-12-14-43(25-42,15-13-42)41(56)57/h2-7,26H,8-21,23-25H2,1H3,(H,46,47)(H,49,55)(H,50,54)(H,56,57). The largest absolute Gasteiger partial charge is 0.481 e. The minimum absolute atomic E-state index is 0.127. The van der Waals surface area contributed by atoms with Gasteiger partial charge in [0.05, 0.1) is 44.5 Å². The number of benzene rings is 2. The highest BCUT2D eigenvalue weighted by atomic mass is 35.5. The minimum atomic E-state index is -0.634. The van der Waals surface area contributed by atoms with Gasteiger partial charge in [0.1, 0.15) is 6.07 Å². The number of hydrogen-bond donors (Lipinski definition) is 4. The van der Waals surface area contributed by atoms with Crippen LogP contribution < -0.4 is 10.6 Å². The zero-order valence-corrected chi connectivity index (χ0v) is 33.5. The zero-order valence-electron chi connectivity index (χ0n) is 32.7. The molecule has 2 aromatic heterocycles. The van der Waals surface area contributed by atoms with Crippen molar-refractivity contribution in [1.29, 1.82) is 5.26 Å². The summed E-state index contributed by atoms with van der Waals surface area (Å²) in [5, 5.41) is 26.3. The zero-order chi connectivity index (χ0) is 40.2. The van der Waals surface area contributed by atoms with Crippen LogP contribution in [0.15, 0.2) is 36.4 Å². The highest BCUT2D eigenvalue weighted by Gasteiger charge is 2.57. The molecule has 1 saturated heterocycles. The molecule has 2 aliphatic carbocycles. The highest BCUT2D eigenvalue weighted by Crippen LogP contribution is 2.63. The molecule has 0 unspecified atom stereocenters. The SMILES string of the molecule is Cn1c(C(=O)Nc2cccc(-c3cccc(NC(=O)c4nc5c([nH]4)CN(CCC46CCC(C(=O)O)(CC4)C6)CC5)c3Cl)c2C#N)nc2c1CCN(C1CCOCC1)C2. The fraction of sp³-hybridized carbons (Fsp3) is 0.488. The third kappa shape index (κ3) is 6.97. The molecule has 58 heavy (non-hydrogen) atoms. The maximum Gasteiger partial charge on any atom is 0.309 e. The van der Waals surface area contributed by atoms with Gasteiger partial charge in [-0.15, -0.1) is 0 Å². The lowest BCUT2D eigenvalue weighted by Gasteiger charge is -2.36. The first-order valence-corrected chi connectivity index (χ1v) is 20.8. The minimum Gasteiger partial charge on any atom is -0.481 e. The molecule has 0 atom stereocenters. The number of carboxylic acids is 1. The van der Waals surface area contributed by atoms with Crippen LogP contribution in [0.1, 0.15) is 101 Å². The van der Waals surface area contributed by atoms with Gasteiger partial charge in [-0.3, -0.25) is 24.2 Å². The van der Waals surface area contributed by atoms with Crippen molar-refractivity contribution in [2.24, 2.45) is 17.9 Å². The van der Waals surface area contributed by atoms with Gasteiger partial charge < -0.3 is 30.0 Å². The molecule has 9 rings (SSSR count). The molecule has 3 fully saturated rings. The summed E-state index contributed by atoms with van der Waals surface area (Å²) in [7, 11) is 1.86. The summed E-state index contributed by atoms with van der Waals surface area (Å²) < 4.78 is 7.41. The van der Waals surface area contributed by atoms with Gasteiger partial charge in [0.15, 0.2) is 11.6 Å². The number of aromatic nitrogens is 4. The van der Waals surface area contributed by atoms with Crippen LogP contribution in [0.2, 0.25) is 5.02 Å². The second-order valence-corrected chi connectivity index (χ2v) is 17.3. The topological polar surface area (TPSA) is 181 Å². The Morgan fingerprint density at radius 1 is 0.966 bits per heavy atom. The summed E-state index contributed by atoms with van der Waals surface area (Å²) in [5.74, 6) is -0.997. The summed E-state index contributed by atoms with van der Waals surface area (Å²) in [6.07, 6.45) is 8.82. The number of rotatable bonds is 10. The number of aliphatic carboxylic acids is 1. The first kappa shape index (κ1) is 38.4. The van der Waals surface area contributed by atoms with E-state index in [0.29, 0.717) is 48.1 Å². The average molecular weight is 806 g/mol. The Hall–Kier alpha value is -5.07. The van der Waals surface area contributed by atoms with Crippen LogP contribution in [0.4, 0.5) is 11.4 Å². The van der Waals surface area contributed by atoms with Crippen LogP contribution >= 0.6 is 11.6 Å². The Morgan fingerprint density at radius 3 is 2.45 bits per heavy atom. The number of anilines is 2. The van der Waals surface area contributed by atoms with E-state index in [2.05, 4.69) is 36.5 Å². The van der Waals surface area contributed by atoms with Crippen LogP contribution in [0, 0.1) is 22.2 Å². The van der Waals surface area contributed by atoms with Gasteiger partial charge in [-0.1, -0.05) is 35.9 Å². The van der Waals surface area contributed by atoms with Gasteiger partial charge in [-0.25, -0.2) is 9.97 Å². The van der Waals surface area contributed by atoms with E-state index in [1.807, 2.05) is 11.6 Å². The van der Waals surface area contributed by atoms with Crippen LogP contribution in [0.25, 0.3) is 11.1 Å². The number of fused-ring (bicyclic) bond motifs is 4. The van der Waals surface area contributed by atoms with E-state index in [0.717, 1.165) is 113 Å². The van der Waals surface area contributed by atoms with Gasteiger partial charge in [0.25, 0.3) is 11.8 Å². The van der Waals surface area contributed by atoms with Crippen LogP contribution in [0.3, 0.4) is 0 Å². The number of ether oxygens (including phenoxy) is 1. The molecule has 0 spiro atoms. The van der Waals surface area contributed by atoms with Gasteiger partial charge in [-0.05, 0) is 75.5 Å². The maximum atomic E-state index is 13.7. The second-order valence-electron chi connectivity index (χ2n) is 16.9. The number of hydrogen-bond acceptors (Lipinski definition) is 9. The van der Waals surface area contributed by atoms with Crippen LogP contribution in [-0.4, -0.2) is 91.1 Å². The molecular formula is C43H48ClN9O5. The van der Waals surface area contributed by atoms with Crippen molar-refractivity contribution in [3.8, 4) is 17.2 Å². The smallest absolute Gasteiger partial charge is 0.309 e. The van der Waals surface area contributed by atoms with E-state index in [-0.39, 0.29) is 27.6 Å². The van der Waals surface area contributed by atoms with Crippen molar-refractivity contribution < 1.29 is 24.2 Å². The summed E-state index contributed by atoms with van der Waals surface area (Å²) in [5.41, 5.74) is 5.28. The number of aromatic amines is 1. The molecule has 14 nitrogen and oxygen atoms in total. The van der Waals surface area contributed by atoms with E-state index in [9.17, 15) is 24.8 Å². The molecule has 0 radical (unpaired) electrons. The lowest BCUT2D eigenvalue weighted by Crippen LogP contribution is -2.42. The van der Waals surface area contributed by atoms with Crippen molar-refractivity contribution in [2.45, 2.75) is 83.3 Å². The molecule has 5 heterocycles. The first-order valence-electron chi connectivity index (χ1n) is 20.4. The number of imidazole rings is 2. The molecule has 3 aliphatic heterocycles. The quantitative estimate of drug-likeness (QED) is 0.145. The van der Waals surface area contributed by atoms with E-state index >= 15 is 0 Å². The maximum absolute atomic E-state index is 13.7. The Balaban J connectivity index is 0.865. The molecule has 2 aromatic carbocycles. The molecule has 2 bridgehead atoms. The summed E-state index contributed by atoms with van der Waals surface area (Å²) >= 11 is 6.96. The lowest BCUT2D eigenvalue weighted by atomic mass is 9.80. The molecule has 4 aromatic rings. The number of carboxylic acid groups (broad SMARTS) is 1. The van der Waals surface area contributed by atoms with Crippen LogP contribution in [0.5, 0.6) is 0 Å². The van der Waals surface area contributed by atoms with E-state index < -0.39 is 23.2 Å². The van der Waals surface area contributed by atoms with Crippen molar-refractivity contribution in [2.75, 3.05) is 43.5 Å². The molecule has 2 amide bonds. The molecule has 15 heteroatoms. The molecule has 2 saturated carbocycles. The van der Waals surface area contributed by atoms with E-state index in [1.165, 1.54) is 0 Å². The van der Waals surface area contributed by atoms with Gasteiger partial charge in [-0.2, -0.15) is 5.26 Å². The van der Waals surface area contributed by atoms with E-state index in [1.54, 1.807) is 36.4 Å². The lowest BCUT2D eigenvalue weighted by molar-refractivity contribution is -0.148. The van der Waals surface area contributed by atoms with Gasteiger partial charge in [0, 0.05) is 82.1 Å². The van der Waals surface area contributed by atoms with Crippen molar-refractivity contribution in [3.63, 3.8) is 0 Å². The first-order chi connectivity index (χ1) is 28.0. The predicted octanol–water partition coefficient (Wildman–Crippen LogP) is 6.16. The van der Waals surface area contributed by atoms with Gasteiger partial charge >= 0.3 is 5.97 Å². The Morgan fingerprint density at radius 2 is 1.71 bits per heavy atom. The number of nitriles is 1. The third-order valence-corrected chi connectivity index (χ3v) is 14.1. The highest BCUT2D eigenvalue weighted by molar-refractivity contribution is 6.36.